The maximum atomic E-state index is 5.80. The normalized spacial score (nSPS) is 15.5. The number of fused-ring (bicyclic) bond motifs is 2. The van der Waals surface area contributed by atoms with Gasteiger partial charge in [0.2, 0.25) is 5.95 Å². The molecule has 202 valence electrons. The molecule has 0 radical (unpaired) electrons. The van der Waals surface area contributed by atoms with E-state index in [9.17, 15) is 0 Å². The molecule has 0 unspecified atom stereocenters. The van der Waals surface area contributed by atoms with Gasteiger partial charge in [-0.15, -0.1) is 0 Å². The standard InChI is InChI=1S/C28H32BrN8OP/c1-36-14-17(15-36)16-37-10-7-18-11-22(24(38-2)12-23(18)37)34-28-32-13-19(29)27(35-28)33-21-6-5-20-25(26(21)39(3)4)31-9-8-30-20/h5-6,8-9,11-13,17H,7,10,14-16H2,1-4H3,(H2,32,33,34,35). The Labute approximate surface area is 238 Å². The predicted octanol–water partition coefficient (Wildman–Crippen LogP) is 4.97. The molecule has 4 heterocycles. The van der Waals surface area contributed by atoms with Crippen LogP contribution in [0.3, 0.4) is 0 Å². The quantitative estimate of drug-likeness (QED) is 0.270. The lowest BCUT2D eigenvalue weighted by molar-refractivity contribution is 0.139. The fraction of sp³-hybridized carbons (Fsp3) is 0.357. The van der Waals surface area contributed by atoms with Gasteiger partial charge in [-0.2, -0.15) is 4.98 Å². The van der Waals surface area contributed by atoms with E-state index in [2.05, 4.69) is 83.8 Å². The molecule has 2 N–H and O–H groups in total. The molecular formula is C28H32BrN8OP. The van der Waals surface area contributed by atoms with Crippen molar-refractivity contribution in [1.82, 2.24) is 24.8 Å². The summed E-state index contributed by atoms with van der Waals surface area (Å²) in [5.41, 5.74) is 6.24. The Bertz CT molecular complexity index is 1530. The molecule has 1 saturated heterocycles. The third kappa shape index (κ3) is 5.25. The number of aromatic nitrogens is 4. The van der Waals surface area contributed by atoms with Crippen molar-refractivity contribution in [3.05, 3.63) is 52.9 Å². The van der Waals surface area contributed by atoms with Gasteiger partial charge < -0.3 is 25.2 Å². The number of likely N-dealkylation sites (tertiary alicyclic amines) is 1. The number of hydrogen-bond acceptors (Lipinski definition) is 9. The highest BCUT2D eigenvalue weighted by molar-refractivity contribution is 9.10. The van der Waals surface area contributed by atoms with Gasteiger partial charge in [0.05, 0.1) is 28.3 Å². The van der Waals surface area contributed by atoms with Crippen molar-refractivity contribution < 1.29 is 4.74 Å². The van der Waals surface area contributed by atoms with E-state index >= 15 is 0 Å². The molecule has 0 atom stereocenters. The first-order valence-electron chi connectivity index (χ1n) is 13.0. The van der Waals surface area contributed by atoms with Gasteiger partial charge in [-0.1, -0.05) is 7.92 Å². The van der Waals surface area contributed by atoms with E-state index in [-0.39, 0.29) is 0 Å². The molecule has 0 aliphatic carbocycles. The summed E-state index contributed by atoms with van der Waals surface area (Å²) in [4.78, 5) is 23.3. The highest BCUT2D eigenvalue weighted by atomic mass is 79.9. The average molecular weight is 607 g/mol. The molecule has 2 aromatic carbocycles. The van der Waals surface area contributed by atoms with Gasteiger partial charge in [0.15, 0.2) is 0 Å². The summed E-state index contributed by atoms with van der Waals surface area (Å²) >= 11 is 3.62. The maximum Gasteiger partial charge on any atom is 0.229 e. The summed E-state index contributed by atoms with van der Waals surface area (Å²) in [7, 11) is 3.44. The Kier molecular flexibility index (Phi) is 7.27. The number of hydrogen-bond donors (Lipinski definition) is 2. The second-order valence-electron chi connectivity index (χ2n) is 10.4. The Hall–Kier alpha value is -3.07. The van der Waals surface area contributed by atoms with Crippen LogP contribution in [0.5, 0.6) is 5.75 Å². The lowest BCUT2D eigenvalue weighted by Crippen LogP contribution is -2.49. The number of benzene rings is 2. The molecule has 4 aromatic rings. The molecule has 39 heavy (non-hydrogen) atoms. The van der Waals surface area contributed by atoms with Crippen molar-refractivity contribution >= 4 is 69.0 Å². The number of halogens is 1. The summed E-state index contributed by atoms with van der Waals surface area (Å²) in [6, 6.07) is 8.37. The largest absolute Gasteiger partial charge is 0.494 e. The highest BCUT2D eigenvalue weighted by Gasteiger charge is 2.29. The zero-order valence-electron chi connectivity index (χ0n) is 22.6. The van der Waals surface area contributed by atoms with Crippen LogP contribution in [0.25, 0.3) is 11.0 Å². The zero-order chi connectivity index (χ0) is 27.1. The monoisotopic (exact) mass is 606 g/mol. The third-order valence-electron chi connectivity index (χ3n) is 7.32. The molecule has 2 aromatic heterocycles. The number of anilines is 5. The third-order valence-corrected chi connectivity index (χ3v) is 9.24. The lowest BCUT2D eigenvalue weighted by Gasteiger charge is -2.39. The van der Waals surface area contributed by atoms with Crippen LogP contribution in [-0.2, 0) is 6.42 Å². The Morgan fingerprint density at radius 2 is 1.90 bits per heavy atom. The van der Waals surface area contributed by atoms with Gasteiger partial charge in [-0.05, 0) is 66.5 Å². The minimum Gasteiger partial charge on any atom is -0.494 e. The van der Waals surface area contributed by atoms with Crippen LogP contribution in [0.2, 0.25) is 0 Å². The van der Waals surface area contributed by atoms with Crippen molar-refractivity contribution in [3.8, 4) is 5.75 Å². The minimum atomic E-state index is -0.450. The lowest BCUT2D eigenvalue weighted by atomic mass is 10.0. The summed E-state index contributed by atoms with van der Waals surface area (Å²) < 4.78 is 6.57. The van der Waals surface area contributed by atoms with Crippen LogP contribution in [0, 0.1) is 5.92 Å². The second-order valence-corrected chi connectivity index (χ2v) is 13.5. The summed E-state index contributed by atoms with van der Waals surface area (Å²) in [5, 5.41) is 8.08. The van der Waals surface area contributed by atoms with Gasteiger partial charge in [0.1, 0.15) is 11.6 Å². The number of ether oxygens (including phenoxy) is 1. The number of methoxy groups -OCH3 is 1. The summed E-state index contributed by atoms with van der Waals surface area (Å²) in [6.45, 7) is 8.92. The molecule has 0 saturated carbocycles. The van der Waals surface area contributed by atoms with Crippen LogP contribution < -0.4 is 25.6 Å². The molecule has 0 amide bonds. The predicted molar refractivity (Wildman–Crippen MR) is 164 cm³/mol. The van der Waals surface area contributed by atoms with Crippen LogP contribution >= 0.6 is 23.9 Å². The molecule has 2 aliphatic heterocycles. The van der Waals surface area contributed by atoms with E-state index in [0.29, 0.717) is 11.8 Å². The molecule has 2 aliphatic rings. The molecule has 0 bridgehead atoms. The van der Waals surface area contributed by atoms with Gasteiger partial charge in [-0.25, -0.2) is 4.98 Å². The molecule has 1 fully saturated rings. The topological polar surface area (TPSA) is 91.3 Å². The first-order valence-corrected chi connectivity index (χ1v) is 16.0. The van der Waals surface area contributed by atoms with Crippen LogP contribution in [0.15, 0.2) is 47.3 Å². The molecule has 11 heteroatoms. The van der Waals surface area contributed by atoms with Gasteiger partial charge >= 0.3 is 0 Å². The van der Waals surface area contributed by atoms with E-state index in [1.165, 1.54) is 24.3 Å². The molecule has 6 rings (SSSR count). The number of nitrogens with zero attached hydrogens (tertiary/aromatic N) is 6. The van der Waals surface area contributed by atoms with Crippen molar-refractivity contribution in [1.29, 1.82) is 0 Å². The van der Waals surface area contributed by atoms with Crippen LogP contribution in [0.1, 0.15) is 5.56 Å². The molecule has 0 spiro atoms. The van der Waals surface area contributed by atoms with Gasteiger partial charge in [-0.3, -0.25) is 9.97 Å². The molecular weight excluding hydrogens is 575 g/mol. The smallest absolute Gasteiger partial charge is 0.229 e. The second kappa shape index (κ2) is 10.8. The van der Waals surface area contributed by atoms with Gasteiger partial charge in [0, 0.05) is 73.4 Å². The van der Waals surface area contributed by atoms with Crippen LogP contribution in [-0.4, -0.2) is 78.5 Å². The first-order chi connectivity index (χ1) is 18.9. The van der Waals surface area contributed by atoms with Crippen molar-refractivity contribution in [2.24, 2.45) is 5.92 Å². The zero-order valence-corrected chi connectivity index (χ0v) is 25.1. The average Bonchev–Trinajstić information content (AvgIpc) is 3.30. The fourth-order valence-corrected chi connectivity index (χ4v) is 7.03. The van der Waals surface area contributed by atoms with E-state index in [0.717, 1.165) is 63.4 Å². The molecule has 9 nitrogen and oxygen atoms in total. The number of rotatable bonds is 8. The Morgan fingerprint density at radius 3 is 2.67 bits per heavy atom. The summed E-state index contributed by atoms with van der Waals surface area (Å²) in [6.07, 6.45) is 6.25. The first kappa shape index (κ1) is 26.2. The Morgan fingerprint density at radius 1 is 1.08 bits per heavy atom. The SMILES string of the molecule is COc1cc2c(cc1Nc1ncc(Br)c(Nc3ccc4nccnc4c3P(C)C)n1)CCN2CC1CN(C)C1. The Balaban J connectivity index is 1.26. The highest BCUT2D eigenvalue weighted by Crippen LogP contribution is 2.39. The maximum absolute atomic E-state index is 5.80. The van der Waals surface area contributed by atoms with Crippen molar-refractivity contribution in [3.63, 3.8) is 0 Å². The van der Waals surface area contributed by atoms with Crippen molar-refractivity contribution in [2.45, 2.75) is 6.42 Å². The minimum absolute atomic E-state index is 0.450. The van der Waals surface area contributed by atoms with E-state index in [1.54, 1.807) is 25.7 Å². The summed E-state index contributed by atoms with van der Waals surface area (Å²) in [5.74, 6) is 2.68. The van der Waals surface area contributed by atoms with Crippen molar-refractivity contribution in [2.75, 3.05) is 69.2 Å². The van der Waals surface area contributed by atoms with E-state index in [4.69, 9.17) is 9.72 Å². The van der Waals surface area contributed by atoms with E-state index < -0.39 is 7.92 Å². The van der Waals surface area contributed by atoms with E-state index in [1.807, 2.05) is 12.1 Å². The fourth-order valence-electron chi connectivity index (χ4n) is 5.53. The van der Waals surface area contributed by atoms with Crippen LogP contribution in [0.4, 0.5) is 28.8 Å². The van der Waals surface area contributed by atoms with Gasteiger partial charge in [0.25, 0.3) is 0 Å². The number of nitrogens with one attached hydrogen (secondary N) is 2.